The highest BCUT2D eigenvalue weighted by molar-refractivity contribution is 4.95. The summed E-state index contributed by atoms with van der Waals surface area (Å²) in [5, 5.41) is 0. The van der Waals surface area contributed by atoms with Crippen molar-refractivity contribution in [3.8, 4) is 0 Å². The number of hydrogen-bond acceptors (Lipinski definition) is 3. The lowest BCUT2D eigenvalue weighted by atomic mass is 9.90. The van der Waals surface area contributed by atoms with Crippen LogP contribution in [0, 0.1) is 11.8 Å². The van der Waals surface area contributed by atoms with E-state index in [2.05, 4.69) is 27.7 Å². The minimum atomic E-state index is 0.138. The number of rotatable bonds is 3. The zero-order valence-electron chi connectivity index (χ0n) is 10.1. The molecule has 3 nitrogen and oxygen atoms in total. The Morgan fingerprint density at radius 2 is 1.67 bits per heavy atom. The third-order valence-corrected chi connectivity index (χ3v) is 3.35. The minimum absolute atomic E-state index is 0.138. The first-order valence-electron chi connectivity index (χ1n) is 5.98. The molecule has 0 spiro atoms. The van der Waals surface area contributed by atoms with Gasteiger partial charge >= 0.3 is 0 Å². The topological polar surface area (TPSA) is 27.7 Å². The lowest BCUT2D eigenvalue weighted by molar-refractivity contribution is -0.0587. The molecule has 0 radical (unpaired) electrons. The lowest BCUT2D eigenvalue weighted by Gasteiger charge is -2.20. The fourth-order valence-corrected chi connectivity index (χ4v) is 2.53. The molecule has 4 atom stereocenters. The van der Waals surface area contributed by atoms with E-state index in [1.165, 1.54) is 0 Å². The second-order valence-corrected chi connectivity index (χ2v) is 5.23. The number of fused-ring (bicyclic) bond motifs is 1. The second-order valence-electron chi connectivity index (χ2n) is 5.23. The van der Waals surface area contributed by atoms with E-state index >= 15 is 0 Å². The first kappa shape index (κ1) is 11.4. The first-order valence-corrected chi connectivity index (χ1v) is 5.98. The third-order valence-electron chi connectivity index (χ3n) is 3.35. The Morgan fingerprint density at radius 3 is 2.27 bits per heavy atom. The normalized spacial score (nSPS) is 40.4. The second kappa shape index (κ2) is 4.40. The SMILES string of the molecule is CC(C)OC1COC2C(C(C)C)COC12. The van der Waals surface area contributed by atoms with E-state index < -0.39 is 0 Å². The summed E-state index contributed by atoms with van der Waals surface area (Å²) in [6, 6.07) is 0. The molecule has 0 amide bonds. The van der Waals surface area contributed by atoms with Gasteiger partial charge in [-0.3, -0.25) is 0 Å². The van der Waals surface area contributed by atoms with Crippen LogP contribution in [-0.2, 0) is 14.2 Å². The molecule has 2 aliphatic heterocycles. The van der Waals surface area contributed by atoms with Gasteiger partial charge in [-0.05, 0) is 19.8 Å². The van der Waals surface area contributed by atoms with Crippen LogP contribution in [-0.4, -0.2) is 37.6 Å². The van der Waals surface area contributed by atoms with E-state index in [4.69, 9.17) is 14.2 Å². The molecule has 0 aliphatic carbocycles. The van der Waals surface area contributed by atoms with E-state index in [0.717, 1.165) is 6.61 Å². The summed E-state index contributed by atoms with van der Waals surface area (Å²) in [7, 11) is 0. The molecule has 4 unspecified atom stereocenters. The van der Waals surface area contributed by atoms with Gasteiger partial charge in [0.15, 0.2) is 0 Å². The van der Waals surface area contributed by atoms with Crippen LogP contribution < -0.4 is 0 Å². The van der Waals surface area contributed by atoms with Crippen molar-refractivity contribution >= 4 is 0 Å². The maximum atomic E-state index is 5.81. The van der Waals surface area contributed by atoms with Gasteiger partial charge in [0.1, 0.15) is 12.2 Å². The monoisotopic (exact) mass is 214 g/mol. The fourth-order valence-electron chi connectivity index (χ4n) is 2.53. The molecule has 2 rings (SSSR count). The van der Waals surface area contributed by atoms with Gasteiger partial charge < -0.3 is 14.2 Å². The smallest absolute Gasteiger partial charge is 0.112 e. The molecule has 2 fully saturated rings. The molecule has 0 saturated carbocycles. The summed E-state index contributed by atoms with van der Waals surface area (Å²) in [5.41, 5.74) is 0. The van der Waals surface area contributed by atoms with Crippen LogP contribution in [0.5, 0.6) is 0 Å². The van der Waals surface area contributed by atoms with Crippen molar-refractivity contribution in [2.75, 3.05) is 13.2 Å². The van der Waals surface area contributed by atoms with Crippen LogP contribution in [0.1, 0.15) is 27.7 Å². The van der Waals surface area contributed by atoms with Gasteiger partial charge in [-0.25, -0.2) is 0 Å². The number of hydrogen-bond donors (Lipinski definition) is 0. The van der Waals surface area contributed by atoms with E-state index in [1.807, 2.05) is 0 Å². The molecule has 0 aromatic rings. The summed E-state index contributed by atoms with van der Waals surface area (Å²) >= 11 is 0. The standard InChI is InChI=1S/C12H22O3/c1-7(2)9-5-13-12-10(15-8(3)4)6-14-11(9)12/h7-12H,5-6H2,1-4H3. The quantitative estimate of drug-likeness (QED) is 0.717. The van der Waals surface area contributed by atoms with Crippen molar-refractivity contribution in [2.24, 2.45) is 11.8 Å². The highest BCUT2D eigenvalue weighted by Crippen LogP contribution is 2.36. The molecule has 2 aliphatic rings. The van der Waals surface area contributed by atoms with Crippen molar-refractivity contribution in [2.45, 2.75) is 52.1 Å². The van der Waals surface area contributed by atoms with Crippen LogP contribution in [0.4, 0.5) is 0 Å². The van der Waals surface area contributed by atoms with Crippen LogP contribution in [0.2, 0.25) is 0 Å². The van der Waals surface area contributed by atoms with Crippen molar-refractivity contribution in [3.05, 3.63) is 0 Å². The molecule has 0 N–H and O–H groups in total. The molecular weight excluding hydrogens is 192 g/mol. The zero-order valence-corrected chi connectivity index (χ0v) is 10.1. The largest absolute Gasteiger partial charge is 0.372 e. The van der Waals surface area contributed by atoms with Crippen LogP contribution >= 0.6 is 0 Å². The number of ether oxygens (including phenoxy) is 3. The first-order chi connectivity index (χ1) is 7.09. The third kappa shape index (κ3) is 2.19. The molecular formula is C12H22O3. The molecule has 0 aromatic heterocycles. The van der Waals surface area contributed by atoms with Crippen molar-refractivity contribution in [3.63, 3.8) is 0 Å². The van der Waals surface area contributed by atoms with E-state index in [1.54, 1.807) is 0 Å². The average molecular weight is 214 g/mol. The molecule has 88 valence electrons. The van der Waals surface area contributed by atoms with Crippen LogP contribution in [0.15, 0.2) is 0 Å². The Labute approximate surface area is 92.1 Å². The predicted octanol–water partition coefficient (Wildman–Crippen LogP) is 1.85. The Bertz CT molecular complexity index is 215. The molecule has 0 aromatic carbocycles. The minimum Gasteiger partial charge on any atom is -0.372 e. The summed E-state index contributed by atoms with van der Waals surface area (Å²) in [6.45, 7) is 10.1. The zero-order chi connectivity index (χ0) is 11.0. The summed E-state index contributed by atoms with van der Waals surface area (Å²) in [6.07, 6.45) is 0.811. The summed E-state index contributed by atoms with van der Waals surface area (Å²) in [4.78, 5) is 0. The van der Waals surface area contributed by atoms with Gasteiger partial charge in [0, 0.05) is 5.92 Å². The van der Waals surface area contributed by atoms with Gasteiger partial charge in [0.25, 0.3) is 0 Å². The maximum Gasteiger partial charge on any atom is 0.112 e. The van der Waals surface area contributed by atoms with E-state index in [0.29, 0.717) is 18.4 Å². The van der Waals surface area contributed by atoms with E-state index in [-0.39, 0.29) is 24.4 Å². The van der Waals surface area contributed by atoms with Crippen LogP contribution in [0.3, 0.4) is 0 Å². The Kier molecular flexibility index (Phi) is 3.33. The Balaban J connectivity index is 1.96. The highest BCUT2D eigenvalue weighted by atomic mass is 16.6. The molecule has 3 heteroatoms. The van der Waals surface area contributed by atoms with Crippen molar-refractivity contribution in [1.29, 1.82) is 0 Å². The molecule has 0 bridgehead atoms. The fraction of sp³-hybridized carbons (Fsp3) is 1.00. The van der Waals surface area contributed by atoms with E-state index in [9.17, 15) is 0 Å². The Morgan fingerprint density at radius 1 is 1.00 bits per heavy atom. The summed E-state index contributed by atoms with van der Waals surface area (Å²) < 4.78 is 17.4. The van der Waals surface area contributed by atoms with Crippen molar-refractivity contribution in [1.82, 2.24) is 0 Å². The van der Waals surface area contributed by atoms with Gasteiger partial charge in [0.2, 0.25) is 0 Å². The van der Waals surface area contributed by atoms with Crippen molar-refractivity contribution < 1.29 is 14.2 Å². The Hall–Kier alpha value is -0.120. The lowest BCUT2D eigenvalue weighted by Crippen LogP contribution is -2.33. The molecule has 15 heavy (non-hydrogen) atoms. The average Bonchev–Trinajstić information content (AvgIpc) is 2.66. The van der Waals surface area contributed by atoms with Gasteiger partial charge in [0.05, 0.1) is 25.4 Å². The van der Waals surface area contributed by atoms with Crippen LogP contribution in [0.25, 0.3) is 0 Å². The summed E-state index contributed by atoms with van der Waals surface area (Å²) in [5.74, 6) is 1.16. The van der Waals surface area contributed by atoms with Gasteiger partial charge in [-0.2, -0.15) is 0 Å². The van der Waals surface area contributed by atoms with Gasteiger partial charge in [-0.1, -0.05) is 13.8 Å². The molecule has 2 saturated heterocycles. The molecule has 2 heterocycles. The predicted molar refractivity (Wildman–Crippen MR) is 57.8 cm³/mol. The van der Waals surface area contributed by atoms with Gasteiger partial charge in [-0.15, -0.1) is 0 Å². The maximum absolute atomic E-state index is 5.81. The highest BCUT2D eigenvalue weighted by Gasteiger charge is 2.49.